The molecule has 0 bridgehead atoms. The van der Waals surface area contributed by atoms with Gasteiger partial charge in [0.2, 0.25) is 0 Å². The van der Waals surface area contributed by atoms with Gasteiger partial charge in [0.15, 0.2) is 6.29 Å². The molecule has 4 rings (SSSR count). The Labute approximate surface area is 368 Å². The first-order valence-electron chi connectivity index (χ1n) is 22.4. The van der Waals surface area contributed by atoms with E-state index in [1.807, 2.05) is 93.5 Å². The summed E-state index contributed by atoms with van der Waals surface area (Å²) in [5.41, 5.74) is -2.32. The van der Waals surface area contributed by atoms with Gasteiger partial charge in [-0.15, -0.1) is 0 Å². The third-order valence-electron chi connectivity index (χ3n) is 12.6. The van der Waals surface area contributed by atoms with Crippen molar-refractivity contribution in [2.45, 2.75) is 160 Å². The number of esters is 2. The van der Waals surface area contributed by atoms with Gasteiger partial charge in [-0.05, 0) is 91.6 Å². The largest absolute Gasteiger partial charge is 0.493 e. The second-order valence-corrected chi connectivity index (χ2v) is 18.2. The molecule has 2 aliphatic rings. The van der Waals surface area contributed by atoms with Crippen LogP contribution in [0.1, 0.15) is 99.5 Å². The Balaban J connectivity index is 1.73. The minimum atomic E-state index is -1.96. The summed E-state index contributed by atoms with van der Waals surface area (Å²) in [7, 11) is 3.72. The molecule has 2 aliphatic heterocycles. The van der Waals surface area contributed by atoms with Crippen LogP contribution in [0.2, 0.25) is 0 Å². The van der Waals surface area contributed by atoms with Crippen LogP contribution in [-0.2, 0) is 39.8 Å². The molecule has 0 spiro atoms. The average molecular weight is 871 g/mol. The highest BCUT2D eigenvalue weighted by atomic mass is 16.7. The SMILES string of the molecule is CC[C@H]1OC(=O)[C@H](C)[C@@H](OC(=O)CCCc2ccccc2)[C@H](C)[C@@H](O[C@@H]2O[C@H](C)C[C@H](N(C)C)[C@H]2O)C(C)(O)C[C@@H](C)/C(=N\OCCCOc2ccccc2)[C@H](C)[C@@H](O)[C@]1(C)O. The zero-order valence-corrected chi connectivity index (χ0v) is 38.5. The Kier molecular flexibility index (Phi) is 19.2. The van der Waals surface area contributed by atoms with Gasteiger partial charge in [-0.25, -0.2) is 0 Å². The van der Waals surface area contributed by atoms with Crippen molar-refractivity contribution in [1.82, 2.24) is 4.90 Å². The molecule has 2 fully saturated rings. The number of rotatable bonds is 15. The van der Waals surface area contributed by atoms with E-state index in [0.29, 0.717) is 38.0 Å². The molecule has 0 saturated carbocycles. The Morgan fingerprint density at radius 1 is 0.919 bits per heavy atom. The molecule has 2 heterocycles. The van der Waals surface area contributed by atoms with E-state index in [4.69, 9.17) is 28.5 Å². The summed E-state index contributed by atoms with van der Waals surface area (Å²) in [4.78, 5) is 35.7. The molecule has 4 N–H and O–H groups in total. The van der Waals surface area contributed by atoms with Gasteiger partial charge in [0.05, 0.1) is 42.1 Å². The summed E-state index contributed by atoms with van der Waals surface area (Å²) in [5.74, 6) is -4.06. The zero-order valence-electron chi connectivity index (χ0n) is 38.5. The number of nitrogens with zero attached hydrogens (tertiary/aromatic N) is 2. The van der Waals surface area contributed by atoms with E-state index in [2.05, 4.69) is 5.16 Å². The van der Waals surface area contributed by atoms with Crippen LogP contribution in [0, 0.1) is 23.7 Å². The van der Waals surface area contributed by atoms with Gasteiger partial charge >= 0.3 is 11.9 Å². The predicted molar refractivity (Wildman–Crippen MR) is 235 cm³/mol. The van der Waals surface area contributed by atoms with Crippen molar-refractivity contribution in [3.05, 3.63) is 66.2 Å². The number of aliphatic hydroxyl groups excluding tert-OH is 2. The van der Waals surface area contributed by atoms with Crippen molar-refractivity contribution in [2.24, 2.45) is 28.8 Å². The smallest absolute Gasteiger partial charge is 0.312 e. The number of hydrogen-bond acceptors (Lipinski definition) is 14. The molecule has 348 valence electrons. The molecule has 14 nitrogen and oxygen atoms in total. The highest BCUT2D eigenvalue weighted by Gasteiger charge is 2.52. The van der Waals surface area contributed by atoms with E-state index in [1.54, 1.807) is 34.6 Å². The van der Waals surface area contributed by atoms with E-state index in [0.717, 1.165) is 11.3 Å². The summed E-state index contributed by atoms with van der Waals surface area (Å²) >= 11 is 0. The number of para-hydroxylation sites is 1. The van der Waals surface area contributed by atoms with Crippen molar-refractivity contribution in [3.63, 3.8) is 0 Å². The maximum absolute atomic E-state index is 14.2. The molecule has 1 unspecified atom stereocenters. The van der Waals surface area contributed by atoms with E-state index in [1.165, 1.54) is 6.92 Å². The van der Waals surface area contributed by atoms with Gasteiger partial charge in [-0.3, -0.25) is 9.59 Å². The third kappa shape index (κ3) is 13.7. The number of carbonyl (C=O) groups excluding carboxylic acids is 2. The number of oxime groups is 1. The molecule has 0 aromatic heterocycles. The molecule has 0 radical (unpaired) electrons. The van der Waals surface area contributed by atoms with Crippen LogP contribution in [0.3, 0.4) is 0 Å². The maximum Gasteiger partial charge on any atom is 0.312 e. The minimum Gasteiger partial charge on any atom is -0.493 e. The van der Waals surface area contributed by atoms with E-state index in [-0.39, 0.29) is 38.0 Å². The van der Waals surface area contributed by atoms with Crippen molar-refractivity contribution < 1.29 is 58.5 Å². The first kappa shape index (κ1) is 51.0. The van der Waals surface area contributed by atoms with Crippen LogP contribution in [0.4, 0.5) is 0 Å². The number of ether oxygens (including phenoxy) is 5. The lowest BCUT2D eigenvalue weighted by Crippen LogP contribution is -2.60. The number of aryl methyl sites for hydroxylation is 1. The number of hydrogen-bond donors (Lipinski definition) is 4. The van der Waals surface area contributed by atoms with E-state index < -0.39 is 83.6 Å². The third-order valence-corrected chi connectivity index (χ3v) is 12.6. The molecule has 14 heteroatoms. The topological polar surface area (TPSA) is 186 Å². The fraction of sp³-hybridized carbons (Fsp3) is 0.688. The molecular formula is C48H74N2O12. The van der Waals surface area contributed by atoms with Gasteiger partial charge < -0.3 is 53.8 Å². The van der Waals surface area contributed by atoms with Crippen molar-refractivity contribution >= 4 is 17.7 Å². The van der Waals surface area contributed by atoms with Crippen molar-refractivity contribution in [1.29, 1.82) is 0 Å². The number of cyclic esters (lactones) is 1. The molecule has 2 aromatic carbocycles. The Bertz CT molecular complexity index is 1690. The summed E-state index contributed by atoms with van der Waals surface area (Å²) in [6.45, 7) is 14.0. The summed E-state index contributed by atoms with van der Waals surface area (Å²) in [6.07, 6.45) is -5.37. The lowest BCUT2D eigenvalue weighted by Gasteiger charge is -2.47. The van der Waals surface area contributed by atoms with Crippen molar-refractivity contribution in [3.8, 4) is 5.75 Å². The first-order chi connectivity index (χ1) is 29.3. The van der Waals surface area contributed by atoms with Gasteiger partial charge in [-0.2, -0.15) is 0 Å². The Morgan fingerprint density at radius 2 is 1.56 bits per heavy atom. The van der Waals surface area contributed by atoms with Crippen LogP contribution >= 0.6 is 0 Å². The van der Waals surface area contributed by atoms with Gasteiger partial charge in [0.25, 0.3) is 0 Å². The Hall–Kier alpha value is -3.63. The second kappa shape index (κ2) is 23.3. The number of aliphatic hydroxyl groups is 4. The molecule has 62 heavy (non-hydrogen) atoms. The minimum absolute atomic E-state index is 0.0240. The quantitative estimate of drug-likeness (QED) is 0.0971. The van der Waals surface area contributed by atoms with Gasteiger partial charge in [0, 0.05) is 36.6 Å². The van der Waals surface area contributed by atoms with E-state index >= 15 is 0 Å². The normalized spacial score (nSPS) is 35.8. The zero-order chi connectivity index (χ0) is 45.8. The molecular weight excluding hydrogens is 797 g/mol. The summed E-state index contributed by atoms with van der Waals surface area (Å²) in [6, 6.07) is 18.8. The fourth-order valence-electron chi connectivity index (χ4n) is 9.03. The lowest BCUT2D eigenvalue weighted by atomic mass is 9.73. The van der Waals surface area contributed by atoms with Crippen LogP contribution in [-0.4, -0.2) is 130 Å². The molecule has 2 aromatic rings. The summed E-state index contributed by atoms with van der Waals surface area (Å²) < 4.78 is 31.0. The molecule has 2 saturated heterocycles. The Morgan fingerprint density at radius 3 is 2.19 bits per heavy atom. The fourth-order valence-corrected chi connectivity index (χ4v) is 9.03. The number of likely N-dealkylation sites (N-methyl/N-ethyl adjacent to an activating group) is 1. The number of carbonyl (C=O) groups is 2. The van der Waals surface area contributed by atoms with Crippen LogP contribution < -0.4 is 4.74 Å². The van der Waals surface area contributed by atoms with E-state index in [9.17, 15) is 30.0 Å². The van der Waals surface area contributed by atoms with Crippen molar-refractivity contribution in [2.75, 3.05) is 27.3 Å². The maximum atomic E-state index is 14.2. The van der Waals surface area contributed by atoms with Crippen LogP contribution in [0.15, 0.2) is 65.8 Å². The highest BCUT2D eigenvalue weighted by molar-refractivity contribution is 5.88. The second-order valence-electron chi connectivity index (χ2n) is 18.2. The van der Waals surface area contributed by atoms with Crippen LogP contribution in [0.5, 0.6) is 5.75 Å². The number of benzene rings is 2. The van der Waals surface area contributed by atoms with Gasteiger partial charge in [0.1, 0.15) is 36.3 Å². The monoisotopic (exact) mass is 871 g/mol. The summed E-state index contributed by atoms with van der Waals surface area (Å²) in [5, 5.41) is 52.8. The molecule has 14 atom stereocenters. The molecule has 0 amide bonds. The highest BCUT2D eigenvalue weighted by Crippen LogP contribution is 2.39. The first-order valence-corrected chi connectivity index (χ1v) is 22.4. The predicted octanol–water partition coefficient (Wildman–Crippen LogP) is 5.71. The lowest BCUT2D eigenvalue weighted by molar-refractivity contribution is -0.299. The average Bonchev–Trinajstić information content (AvgIpc) is 3.23. The standard InChI is InChI=1S/C48H74N2O12/c1-11-38-48(8,56)43(53)32(4)40(49-58-27-19-26-57-36-23-16-13-17-24-36)30(2)29-47(7,55)44(62-46-41(52)37(50(9)10)28-31(3)59-46)33(5)42(34(6)45(54)60-38)61-39(51)25-18-22-35-20-14-12-15-21-35/h12-17,20-21,23-24,30-34,37-38,41-44,46,52-53,55-56H,11,18-19,22,25-29H2,1-10H3/b49-40+/t30-,31-,32+,33+,34-,37+,38-,41-,42+,43-,44-,46+,47?,48-/m1/s1. The molecule has 0 aliphatic carbocycles. The van der Waals surface area contributed by atoms with Crippen LogP contribution in [0.25, 0.3) is 0 Å². The van der Waals surface area contributed by atoms with Gasteiger partial charge in [-0.1, -0.05) is 81.4 Å².